The Hall–Kier alpha value is -1.62. The van der Waals surface area contributed by atoms with E-state index in [0.717, 1.165) is 25.9 Å². The van der Waals surface area contributed by atoms with E-state index in [4.69, 9.17) is 4.74 Å². The van der Waals surface area contributed by atoms with Gasteiger partial charge in [0.1, 0.15) is 5.69 Å². The highest BCUT2D eigenvalue weighted by Crippen LogP contribution is 2.56. The molecule has 0 saturated heterocycles. The van der Waals surface area contributed by atoms with Crippen LogP contribution in [0, 0.1) is 5.41 Å². The van der Waals surface area contributed by atoms with E-state index < -0.39 is 0 Å². The van der Waals surface area contributed by atoms with Crippen LogP contribution in [0.1, 0.15) is 66.8 Å². The molecule has 0 bridgehead atoms. The topological polar surface area (TPSA) is 62.4 Å². The van der Waals surface area contributed by atoms with Gasteiger partial charge in [0.2, 0.25) is 0 Å². The van der Waals surface area contributed by atoms with Gasteiger partial charge in [-0.2, -0.15) is 0 Å². The second kappa shape index (κ2) is 6.11. The van der Waals surface area contributed by atoms with Gasteiger partial charge in [-0.25, -0.2) is 0 Å². The number of Topliss-reactive ketones (excluding diaryl/α,β-unsaturated/α-hetero) is 1. The van der Waals surface area contributed by atoms with Crippen LogP contribution in [0.15, 0.2) is 12.3 Å². The number of amides is 1. The fourth-order valence-electron chi connectivity index (χ4n) is 4.45. The quantitative estimate of drug-likeness (QED) is 0.849. The zero-order chi connectivity index (χ0) is 16.6. The first-order valence-electron chi connectivity index (χ1n) is 8.57. The highest BCUT2D eigenvalue weighted by atomic mass is 16.5. The number of hydrogen-bond donors (Lipinski definition) is 1. The second-order valence-corrected chi connectivity index (χ2v) is 6.91. The van der Waals surface area contributed by atoms with Gasteiger partial charge in [0.25, 0.3) is 5.91 Å². The molecule has 1 N–H and O–H groups in total. The lowest BCUT2D eigenvalue weighted by molar-refractivity contribution is -0.152. The number of nitrogens with zero attached hydrogens (tertiary/aromatic N) is 1. The van der Waals surface area contributed by atoms with Crippen molar-refractivity contribution in [2.45, 2.75) is 58.1 Å². The summed E-state index contributed by atoms with van der Waals surface area (Å²) in [6, 6.07) is 1.89. The standard InChI is InChI=1S/C18H26N2O3/c1-4-23-16-10-15(18(16)7-5-6-8-18)20(3)17(22)14-9-13(11-19-14)12(2)21/h9,11,15-16,19H,4-8,10H2,1-3H3/t15-,16-/m0/s1. The van der Waals surface area contributed by atoms with Crippen LogP contribution in [0.25, 0.3) is 0 Å². The lowest BCUT2D eigenvalue weighted by Crippen LogP contribution is -2.64. The third-order valence-corrected chi connectivity index (χ3v) is 5.75. The van der Waals surface area contributed by atoms with E-state index in [-0.39, 0.29) is 29.3 Å². The van der Waals surface area contributed by atoms with Crippen molar-refractivity contribution in [3.05, 3.63) is 23.5 Å². The predicted octanol–water partition coefficient (Wildman–Crippen LogP) is 3.03. The number of carbonyl (C=O) groups excluding carboxylic acids is 2. The Balaban J connectivity index is 1.75. The van der Waals surface area contributed by atoms with Gasteiger partial charge in [-0.05, 0) is 39.2 Å². The summed E-state index contributed by atoms with van der Waals surface area (Å²) in [6.45, 7) is 4.27. The van der Waals surface area contributed by atoms with Crippen LogP contribution in [-0.2, 0) is 4.74 Å². The normalized spacial score (nSPS) is 25.3. The average molecular weight is 318 g/mol. The van der Waals surface area contributed by atoms with Gasteiger partial charge >= 0.3 is 0 Å². The van der Waals surface area contributed by atoms with E-state index in [0.29, 0.717) is 11.3 Å². The van der Waals surface area contributed by atoms with Crippen LogP contribution in [-0.4, -0.2) is 47.4 Å². The van der Waals surface area contributed by atoms with Crippen molar-refractivity contribution < 1.29 is 14.3 Å². The summed E-state index contributed by atoms with van der Waals surface area (Å²) in [4.78, 5) is 29.0. The molecule has 1 aromatic heterocycles. The minimum Gasteiger partial charge on any atom is -0.378 e. The van der Waals surface area contributed by atoms with Crippen LogP contribution in [0.3, 0.4) is 0 Å². The molecule has 5 heteroatoms. The molecule has 2 saturated carbocycles. The molecule has 2 fully saturated rings. The molecule has 1 aromatic rings. The SMILES string of the molecule is CCO[C@H]1C[C@H](N(C)C(=O)c2cc(C(C)=O)c[nH]2)C12CCCC2. The molecule has 2 atom stereocenters. The number of H-pyrrole nitrogens is 1. The largest absolute Gasteiger partial charge is 0.378 e. The molecule has 23 heavy (non-hydrogen) atoms. The Labute approximate surface area is 137 Å². The van der Waals surface area contributed by atoms with E-state index in [2.05, 4.69) is 4.98 Å². The molecule has 5 nitrogen and oxygen atoms in total. The molecule has 3 rings (SSSR count). The molecule has 1 heterocycles. The molecule has 1 spiro atoms. The van der Waals surface area contributed by atoms with Crippen LogP contribution < -0.4 is 0 Å². The number of aromatic nitrogens is 1. The Bertz CT molecular complexity index is 601. The van der Waals surface area contributed by atoms with Gasteiger partial charge < -0.3 is 14.6 Å². The third kappa shape index (κ3) is 2.61. The fourth-order valence-corrected chi connectivity index (χ4v) is 4.45. The second-order valence-electron chi connectivity index (χ2n) is 6.91. The first kappa shape index (κ1) is 16.2. The monoisotopic (exact) mass is 318 g/mol. The van der Waals surface area contributed by atoms with Gasteiger partial charge in [0.05, 0.1) is 6.10 Å². The van der Waals surface area contributed by atoms with E-state index >= 15 is 0 Å². The molecule has 2 aliphatic rings. The minimum absolute atomic E-state index is 0.0322. The van der Waals surface area contributed by atoms with Gasteiger partial charge in [-0.1, -0.05) is 12.8 Å². The van der Waals surface area contributed by atoms with Crippen LogP contribution in [0.2, 0.25) is 0 Å². The zero-order valence-corrected chi connectivity index (χ0v) is 14.2. The molecule has 0 radical (unpaired) electrons. The van der Waals surface area contributed by atoms with Crippen molar-refractivity contribution in [2.75, 3.05) is 13.7 Å². The molecule has 0 aromatic carbocycles. The smallest absolute Gasteiger partial charge is 0.270 e. The number of aromatic amines is 1. The Morgan fingerprint density at radius 2 is 2.09 bits per heavy atom. The van der Waals surface area contributed by atoms with Gasteiger partial charge in [0.15, 0.2) is 5.78 Å². The molecule has 126 valence electrons. The van der Waals surface area contributed by atoms with Crippen molar-refractivity contribution in [3.63, 3.8) is 0 Å². The fraction of sp³-hybridized carbons (Fsp3) is 0.667. The van der Waals surface area contributed by atoms with Crippen LogP contribution >= 0.6 is 0 Å². The third-order valence-electron chi connectivity index (χ3n) is 5.75. The van der Waals surface area contributed by atoms with Crippen molar-refractivity contribution in [2.24, 2.45) is 5.41 Å². The molecule has 1 amide bonds. The molecular formula is C18H26N2O3. The molecule has 0 unspecified atom stereocenters. The summed E-state index contributed by atoms with van der Waals surface area (Å²) in [7, 11) is 1.88. The van der Waals surface area contributed by atoms with E-state index in [1.54, 1.807) is 12.3 Å². The number of ether oxygens (including phenoxy) is 1. The summed E-state index contributed by atoms with van der Waals surface area (Å²) in [5.74, 6) is -0.0704. The number of nitrogens with one attached hydrogen (secondary N) is 1. The first-order valence-corrected chi connectivity index (χ1v) is 8.57. The highest BCUT2D eigenvalue weighted by Gasteiger charge is 2.58. The first-order chi connectivity index (χ1) is 11.0. The molecule has 0 aliphatic heterocycles. The average Bonchev–Trinajstić information content (AvgIpc) is 3.19. The van der Waals surface area contributed by atoms with Crippen LogP contribution in [0.4, 0.5) is 0 Å². The maximum absolute atomic E-state index is 12.8. The van der Waals surface area contributed by atoms with Crippen molar-refractivity contribution in [3.8, 4) is 0 Å². The number of carbonyl (C=O) groups is 2. The molecular weight excluding hydrogens is 292 g/mol. The van der Waals surface area contributed by atoms with E-state index in [1.165, 1.54) is 19.8 Å². The predicted molar refractivity (Wildman–Crippen MR) is 87.6 cm³/mol. The summed E-state index contributed by atoms with van der Waals surface area (Å²) in [5.41, 5.74) is 1.18. The summed E-state index contributed by atoms with van der Waals surface area (Å²) >= 11 is 0. The maximum atomic E-state index is 12.8. The Morgan fingerprint density at radius 3 is 2.65 bits per heavy atom. The Morgan fingerprint density at radius 1 is 1.39 bits per heavy atom. The highest BCUT2D eigenvalue weighted by molar-refractivity contribution is 5.99. The summed E-state index contributed by atoms with van der Waals surface area (Å²) in [6.07, 6.45) is 7.53. The summed E-state index contributed by atoms with van der Waals surface area (Å²) in [5, 5.41) is 0. The molecule has 2 aliphatic carbocycles. The summed E-state index contributed by atoms with van der Waals surface area (Å²) < 4.78 is 5.93. The number of ketones is 1. The Kier molecular flexibility index (Phi) is 4.32. The lowest BCUT2D eigenvalue weighted by atomic mass is 9.60. The lowest BCUT2D eigenvalue weighted by Gasteiger charge is -2.56. The van der Waals surface area contributed by atoms with Gasteiger partial charge in [-0.15, -0.1) is 0 Å². The van der Waals surface area contributed by atoms with Crippen molar-refractivity contribution in [1.29, 1.82) is 0 Å². The van der Waals surface area contributed by atoms with E-state index in [1.807, 2.05) is 18.9 Å². The number of rotatable bonds is 5. The van der Waals surface area contributed by atoms with Gasteiger partial charge in [0, 0.05) is 36.9 Å². The van der Waals surface area contributed by atoms with Crippen molar-refractivity contribution in [1.82, 2.24) is 9.88 Å². The number of hydrogen-bond acceptors (Lipinski definition) is 3. The maximum Gasteiger partial charge on any atom is 0.270 e. The minimum atomic E-state index is -0.0382. The van der Waals surface area contributed by atoms with Gasteiger partial charge in [-0.3, -0.25) is 9.59 Å². The van der Waals surface area contributed by atoms with Crippen LogP contribution in [0.5, 0.6) is 0 Å². The zero-order valence-electron chi connectivity index (χ0n) is 14.2. The van der Waals surface area contributed by atoms with Crippen molar-refractivity contribution >= 4 is 11.7 Å². The van der Waals surface area contributed by atoms with E-state index in [9.17, 15) is 9.59 Å².